The Morgan fingerprint density at radius 1 is 1.23 bits per heavy atom. The molecule has 0 saturated carbocycles. The van der Waals surface area contributed by atoms with Gasteiger partial charge in [0.25, 0.3) is 0 Å². The van der Waals surface area contributed by atoms with Crippen molar-refractivity contribution in [3.63, 3.8) is 0 Å². The van der Waals surface area contributed by atoms with E-state index in [1.807, 2.05) is 31.2 Å². The molecule has 0 saturated heterocycles. The van der Waals surface area contributed by atoms with E-state index in [4.69, 9.17) is 0 Å². The molecule has 0 atom stereocenters. The monoisotopic (exact) mass is 382 g/mol. The fourth-order valence-electron chi connectivity index (χ4n) is 2.18. The van der Waals surface area contributed by atoms with Crippen LogP contribution in [0.3, 0.4) is 0 Å². The largest absolute Gasteiger partial charge is 0.261 e. The first kappa shape index (κ1) is 17.1. The Bertz CT molecular complexity index is 733. The Morgan fingerprint density at radius 3 is 2.64 bits per heavy atom. The van der Waals surface area contributed by atoms with E-state index in [-0.39, 0.29) is 0 Å². The van der Waals surface area contributed by atoms with E-state index in [0.29, 0.717) is 24.3 Å². The molecule has 1 aromatic carbocycles. The molecule has 118 valence electrons. The molecule has 0 aliphatic heterocycles. The molecule has 2 aromatic rings. The van der Waals surface area contributed by atoms with Crippen molar-refractivity contribution < 1.29 is 8.42 Å². The summed E-state index contributed by atoms with van der Waals surface area (Å²) in [6.45, 7) is 2.35. The van der Waals surface area contributed by atoms with E-state index in [2.05, 4.69) is 20.9 Å². The van der Waals surface area contributed by atoms with Crippen LogP contribution in [0, 0.1) is 0 Å². The van der Waals surface area contributed by atoms with Gasteiger partial charge < -0.3 is 0 Å². The highest BCUT2D eigenvalue weighted by Gasteiger charge is 2.23. The average Bonchev–Trinajstić information content (AvgIpc) is 2.53. The number of hydrogen-bond acceptors (Lipinski definition) is 3. The summed E-state index contributed by atoms with van der Waals surface area (Å²) in [6.07, 6.45) is 2.98. The van der Waals surface area contributed by atoms with Crippen molar-refractivity contribution in [2.24, 2.45) is 0 Å². The number of aromatic nitrogens is 1. The third-order valence-electron chi connectivity index (χ3n) is 3.50. The van der Waals surface area contributed by atoms with E-state index in [1.54, 1.807) is 25.4 Å². The van der Waals surface area contributed by atoms with Gasteiger partial charge in [0.2, 0.25) is 10.0 Å². The molecule has 4 nitrogen and oxygen atoms in total. The van der Waals surface area contributed by atoms with Crippen LogP contribution in [0.1, 0.15) is 18.2 Å². The van der Waals surface area contributed by atoms with Crippen LogP contribution in [-0.4, -0.2) is 31.3 Å². The number of sulfonamides is 1. The van der Waals surface area contributed by atoms with Gasteiger partial charge in [-0.05, 0) is 42.3 Å². The molecule has 22 heavy (non-hydrogen) atoms. The van der Waals surface area contributed by atoms with E-state index < -0.39 is 10.0 Å². The lowest BCUT2D eigenvalue weighted by atomic mass is 10.2. The number of nitrogens with zero attached hydrogens (tertiary/aromatic N) is 2. The highest BCUT2D eigenvalue weighted by Crippen LogP contribution is 2.24. The van der Waals surface area contributed by atoms with Gasteiger partial charge in [0.05, 0.1) is 4.90 Å². The molecule has 0 radical (unpaired) electrons. The molecule has 0 N–H and O–H groups in total. The molecular formula is C16H19BrN2O2S. The van der Waals surface area contributed by atoms with Crippen molar-refractivity contribution in [2.75, 3.05) is 13.6 Å². The standard InChI is InChI=1S/C16H19BrN2O2S/c1-3-13-12-14(17)7-8-16(13)22(20,21)19(2)11-9-15-6-4-5-10-18-15/h4-8,10,12H,3,9,11H2,1-2H3. The lowest BCUT2D eigenvalue weighted by Crippen LogP contribution is -2.30. The average molecular weight is 383 g/mol. The molecular weight excluding hydrogens is 364 g/mol. The van der Waals surface area contributed by atoms with Crippen LogP contribution in [0.25, 0.3) is 0 Å². The van der Waals surface area contributed by atoms with Gasteiger partial charge >= 0.3 is 0 Å². The molecule has 6 heteroatoms. The molecule has 0 spiro atoms. The smallest absolute Gasteiger partial charge is 0.243 e. The van der Waals surface area contributed by atoms with Crippen LogP contribution in [0.5, 0.6) is 0 Å². The van der Waals surface area contributed by atoms with Crippen LogP contribution in [-0.2, 0) is 22.9 Å². The van der Waals surface area contributed by atoms with Crippen LogP contribution in [0.2, 0.25) is 0 Å². The van der Waals surface area contributed by atoms with Gasteiger partial charge in [0, 0.05) is 36.4 Å². The predicted octanol–water partition coefficient (Wildman–Crippen LogP) is 3.27. The third kappa shape index (κ3) is 3.94. The van der Waals surface area contributed by atoms with Crippen LogP contribution >= 0.6 is 15.9 Å². The summed E-state index contributed by atoms with van der Waals surface area (Å²) < 4.78 is 27.8. The minimum atomic E-state index is -3.48. The quantitative estimate of drug-likeness (QED) is 0.769. The molecule has 2 rings (SSSR count). The molecule has 0 bridgehead atoms. The van der Waals surface area contributed by atoms with Gasteiger partial charge in [-0.1, -0.05) is 28.9 Å². The number of hydrogen-bond donors (Lipinski definition) is 0. The number of rotatable bonds is 6. The van der Waals surface area contributed by atoms with Crippen molar-refractivity contribution in [1.29, 1.82) is 0 Å². The fourth-order valence-corrected chi connectivity index (χ4v) is 4.03. The number of pyridine rings is 1. The Balaban J connectivity index is 2.19. The molecule has 0 aliphatic carbocycles. The second-order valence-electron chi connectivity index (χ2n) is 5.00. The summed E-state index contributed by atoms with van der Waals surface area (Å²) >= 11 is 3.39. The summed E-state index contributed by atoms with van der Waals surface area (Å²) in [5, 5.41) is 0. The Labute approximate surface area is 140 Å². The SMILES string of the molecule is CCc1cc(Br)ccc1S(=O)(=O)N(C)CCc1ccccn1. The lowest BCUT2D eigenvalue weighted by Gasteiger charge is -2.19. The normalized spacial score (nSPS) is 11.8. The first-order valence-corrected chi connectivity index (χ1v) is 9.33. The van der Waals surface area contributed by atoms with Crippen molar-refractivity contribution in [3.8, 4) is 0 Å². The Morgan fingerprint density at radius 2 is 2.00 bits per heavy atom. The maximum absolute atomic E-state index is 12.7. The van der Waals surface area contributed by atoms with Crippen LogP contribution in [0.15, 0.2) is 52.0 Å². The summed E-state index contributed by atoms with van der Waals surface area (Å²) in [5.74, 6) is 0. The van der Waals surface area contributed by atoms with Crippen molar-refractivity contribution >= 4 is 26.0 Å². The highest BCUT2D eigenvalue weighted by atomic mass is 79.9. The first-order valence-electron chi connectivity index (χ1n) is 7.10. The lowest BCUT2D eigenvalue weighted by molar-refractivity contribution is 0.470. The number of halogens is 1. The van der Waals surface area contributed by atoms with Gasteiger partial charge in [-0.15, -0.1) is 0 Å². The Kier molecular flexibility index (Phi) is 5.72. The minimum absolute atomic E-state index is 0.377. The van der Waals surface area contributed by atoms with Gasteiger partial charge in [0.1, 0.15) is 0 Å². The van der Waals surface area contributed by atoms with E-state index >= 15 is 0 Å². The van der Waals surface area contributed by atoms with Gasteiger partial charge in [-0.3, -0.25) is 4.98 Å². The van der Waals surface area contributed by atoms with Gasteiger partial charge in [-0.2, -0.15) is 0 Å². The van der Waals surface area contributed by atoms with Crippen molar-refractivity contribution in [3.05, 3.63) is 58.3 Å². The summed E-state index contributed by atoms with van der Waals surface area (Å²) in [6, 6.07) is 10.9. The summed E-state index contributed by atoms with van der Waals surface area (Å²) in [4.78, 5) is 4.60. The fraction of sp³-hybridized carbons (Fsp3) is 0.312. The van der Waals surface area contributed by atoms with Gasteiger partial charge in [0.15, 0.2) is 0 Å². The number of likely N-dealkylation sites (N-methyl/N-ethyl adjacent to an activating group) is 1. The van der Waals surface area contributed by atoms with Crippen LogP contribution in [0.4, 0.5) is 0 Å². The molecule has 0 fully saturated rings. The first-order chi connectivity index (χ1) is 10.4. The summed E-state index contributed by atoms with van der Waals surface area (Å²) in [5.41, 5.74) is 1.70. The van der Waals surface area contributed by atoms with Crippen LogP contribution < -0.4 is 0 Å². The highest BCUT2D eigenvalue weighted by molar-refractivity contribution is 9.10. The molecule has 1 aromatic heterocycles. The molecule has 0 amide bonds. The zero-order valence-corrected chi connectivity index (χ0v) is 15.1. The second-order valence-corrected chi connectivity index (χ2v) is 7.93. The van der Waals surface area contributed by atoms with E-state index in [1.165, 1.54) is 4.31 Å². The molecule has 0 unspecified atom stereocenters. The summed E-state index contributed by atoms with van der Waals surface area (Å²) in [7, 11) is -1.87. The van der Waals surface area contributed by atoms with E-state index in [9.17, 15) is 8.42 Å². The zero-order valence-electron chi connectivity index (χ0n) is 12.7. The zero-order chi connectivity index (χ0) is 16.2. The minimum Gasteiger partial charge on any atom is -0.261 e. The van der Waals surface area contributed by atoms with Gasteiger partial charge in [-0.25, -0.2) is 12.7 Å². The number of aryl methyl sites for hydroxylation is 1. The third-order valence-corrected chi connectivity index (χ3v) is 5.95. The maximum atomic E-state index is 12.7. The maximum Gasteiger partial charge on any atom is 0.243 e. The number of benzene rings is 1. The van der Waals surface area contributed by atoms with Crippen molar-refractivity contribution in [1.82, 2.24) is 9.29 Å². The second kappa shape index (κ2) is 7.35. The van der Waals surface area contributed by atoms with E-state index in [0.717, 1.165) is 15.7 Å². The molecule has 0 aliphatic rings. The predicted molar refractivity (Wildman–Crippen MR) is 91.3 cm³/mol. The molecule has 1 heterocycles. The topological polar surface area (TPSA) is 50.3 Å². The van der Waals surface area contributed by atoms with Crippen molar-refractivity contribution in [2.45, 2.75) is 24.7 Å². The Hall–Kier alpha value is -1.24.